The van der Waals surface area contributed by atoms with Crippen molar-refractivity contribution in [3.63, 3.8) is 0 Å². The normalized spacial score (nSPS) is 21.4. The number of hydrogen-bond donors (Lipinski definition) is 3. The first-order chi connectivity index (χ1) is 10.6. The molecule has 0 aliphatic heterocycles. The summed E-state index contributed by atoms with van der Waals surface area (Å²) in [6.45, 7) is 2.97. The van der Waals surface area contributed by atoms with Gasteiger partial charge < -0.3 is 15.7 Å². The van der Waals surface area contributed by atoms with E-state index in [4.69, 9.17) is 0 Å². The highest BCUT2D eigenvalue weighted by Gasteiger charge is 2.20. The first kappa shape index (κ1) is 16.8. The largest absolute Gasteiger partial charge is 0.393 e. The molecule has 4 heteroatoms. The topological polar surface area (TPSA) is 61.4 Å². The summed E-state index contributed by atoms with van der Waals surface area (Å²) in [5.74, 6) is 0.150. The van der Waals surface area contributed by atoms with Gasteiger partial charge >= 0.3 is 0 Å². The Bertz CT molecular complexity index is 451. The molecule has 1 amide bonds. The van der Waals surface area contributed by atoms with Crippen LogP contribution in [0.25, 0.3) is 0 Å². The number of rotatable bonds is 7. The molecule has 1 aromatic rings. The van der Waals surface area contributed by atoms with Gasteiger partial charge in [0.2, 0.25) is 5.91 Å². The molecule has 3 N–H and O–H groups in total. The van der Waals surface area contributed by atoms with Gasteiger partial charge in [0.25, 0.3) is 0 Å². The van der Waals surface area contributed by atoms with Crippen LogP contribution in [0, 0.1) is 6.92 Å². The molecule has 1 aliphatic carbocycles. The fourth-order valence-electron chi connectivity index (χ4n) is 2.83. The molecule has 0 atom stereocenters. The molecule has 0 heterocycles. The average molecular weight is 304 g/mol. The van der Waals surface area contributed by atoms with Crippen molar-refractivity contribution in [1.82, 2.24) is 5.32 Å². The molecule has 4 nitrogen and oxygen atoms in total. The van der Waals surface area contributed by atoms with Gasteiger partial charge in [-0.2, -0.15) is 0 Å². The third-order valence-corrected chi connectivity index (χ3v) is 4.27. The van der Waals surface area contributed by atoms with Crippen molar-refractivity contribution in [2.45, 2.75) is 64.0 Å². The van der Waals surface area contributed by atoms with E-state index in [1.165, 1.54) is 5.56 Å². The number of aryl methyl sites for hydroxylation is 1. The van der Waals surface area contributed by atoms with Gasteiger partial charge in [0.1, 0.15) is 0 Å². The summed E-state index contributed by atoms with van der Waals surface area (Å²) in [5, 5.41) is 15.9. The molecule has 0 spiro atoms. The van der Waals surface area contributed by atoms with Crippen molar-refractivity contribution in [3.05, 3.63) is 29.8 Å². The standard InChI is InChI=1S/C18H28N2O2/c1-14-5-7-15(8-6-14)19-13-3-2-4-18(22)20-16-9-11-17(21)12-10-16/h5-8,16-17,19,21H,2-4,9-13H2,1H3,(H,20,22). The van der Waals surface area contributed by atoms with Crippen molar-refractivity contribution in [2.75, 3.05) is 11.9 Å². The lowest BCUT2D eigenvalue weighted by Crippen LogP contribution is -2.38. The first-order valence-corrected chi connectivity index (χ1v) is 8.41. The Morgan fingerprint density at radius 3 is 2.50 bits per heavy atom. The lowest BCUT2D eigenvalue weighted by Gasteiger charge is -2.26. The average Bonchev–Trinajstić information content (AvgIpc) is 2.51. The minimum absolute atomic E-state index is 0.150. The highest BCUT2D eigenvalue weighted by Crippen LogP contribution is 2.18. The lowest BCUT2D eigenvalue weighted by atomic mass is 9.93. The summed E-state index contributed by atoms with van der Waals surface area (Å²) in [6.07, 6.45) is 5.75. The number of aliphatic hydroxyl groups excluding tert-OH is 1. The van der Waals surface area contributed by atoms with E-state index in [9.17, 15) is 9.90 Å². The fraction of sp³-hybridized carbons (Fsp3) is 0.611. The molecule has 0 unspecified atom stereocenters. The summed E-state index contributed by atoms with van der Waals surface area (Å²) in [7, 11) is 0. The number of aliphatic hydroxyl groups is 1. The van der Waals surface area contributed by atoms with Gasteiger partial charge in [-0.3, -0.25) is 4.79 Å². The molecule has 0 bridgehead atoms. The van der Waals surface area contributed by atoms with Crippen molar-refractivity contribution >= 4 is 11.6 Å². The molecule has 22 heavy (non-hydrogen) atoms. The van der Waals surface area contributed by atoms with Crippen LogP contribution >= 0.6 is 0 Å². The maximum Gasteiger partial charge on any atom is 0.220 e. The van der Waals surface area contributed by atoms with E-state index in [1.54, 1.807) is 0 Å². The van der Waals surface area contributed by atoms with Gasteiger partial charge in [-0.1, -0.05) is 17.7 Å². The molecule has 0 saturated heterocycles. The van der Waals surface area contributed by atoms with Crippen LogP contribution in [0.5, 0.6) is 0 Å². The number of benzene rings is 1. The van der Waals surface area contributed by atoms with Crippen molar-refractivity contribution < 1.29 is 9.90 Å². The van der Waals surface area contributed by atoms with E-state index in [-0.39, 0.29) is 18.1 Å². The molecule has 0 radical (unpaired) electrons. The Kier molecular flexibility index (Phi) is 6.72. The number of carbonyl (C=O) groups excluding carboxylic acids is 1. The van der Waals surface area contributed by atoms with Gasteiger partial charge in [-0.15, -0.1) is 0 Å². The first-order valence-electron chi connectivity index (χ1n) is 8.41. The second-order valence-corrected chi connectivity index (χ2v) is 6.32. The van der Waals surface area contributed by atoms with E-state index in [1.807, 2.05) is 0 Å². The molecule has 1 aliphatic rings. The number of hydrogen-bond acceptors (Lipinski definition) is 3. The molecule has 2 rings (SSSR count). The Morgan fingerprint density at radius 2 is 1.82 bits per heavy atom. The zero-order valence-electron chi connectivity index (χ0n) is 13.5. The van der Waals surface area contributed by atoms with Gasteiger partial charge in [-0.05, 0) is 57.6 Å². The Balaban J connectivity index is 1.52. The van der Waals surface area contributed by atoms with Gasteiger partial charge in [-0.25, -0.2) is 0 Å². The van der Waals surface area contributed by atoms with Crippen LogP contribution in [0.1, 0.15) is 50.5 Å². The van der Waals surface area contributed by atoms with Crippen LogP contribution in [-0.2, 0) is 4.79 Å². The van der Waals surface area contributed by atoms with Gasteiger partial charge in [0.15, 0.2) is 0 Å². The zero-order chi connectivity index (χ0) is 15.8. The molecular weight excluding hydrogens is 276 g/mol. The smallest absolute Gasteiger partial charge is 0.220 e. The molecule has 0 aromatic heterocycles. The summed E-state index contributed by atoms with van der Waals surface area (Å²) in [5.41, 5.74) is 2.40. The van der Waals surface area contributed by atoms with Crippen LogP contribution < -0.4 is 10.6 Å². The molecule has 122 valence electrons. The van der Waals surface area contributed by atoms with Crippen LogP contribution in [0.4, 0.5) is 5.69 Å². The molecular formula is C18H28N2O2. The van der Waals surface area contributed by atoms with E-state index >= 15 is 0 Å². The van der Waals surface area contributed by atoms with Gasteiger partial charge in [0.05, 0.1) is 6.10 Å². The zero-order valence-corrected chi connectivity index (χ0v) is 13.5. The fourth-order valence-corrected chi connectivity index (χ4v) is 2.83. The van der Waals surface area contributed by atoms with E-state index in [0.29, 0.717) is 6.42 Å². The number of carbonyl (C=O) groups is 1. The minimum Gasteiger partial charge on any atom is -0.393 e. The quantitative estimate of drug-likeness (QED) is 0.679. The van der Waals surface area contributed by atoms with E-state index in [2.05, 4.69) is 41.8 Å². The predicted molar refractivity (Wildman–Crippen MR) is 89.9 cm³/mol. The lowest BCUT2D eigenvalue weighted by molar-refractivity contribution is -0.122. The summed E-state index contributed by atoms with van der Waals surface area (Å²) in [6, 6.07) is 8.62. The molecule has 1 aromatic carbocycles. The van der Waals surface area contributed by atoms with Crippen LogP contribution in [0.2, 0.25) is 0 Å². The monoisotopic (exact) mass is 304 g/mol. The number of anilines is 1. The molecule has 1 saturated carbocycles. The molecule has 1 fully saturated rings. The van der Waals surface area contributed by atoms with E-state index in [0.717, 1.165) is 50.8 Å². The van der Waals surface area contributed by atoms with Crippen LogP contribution in [0.15, 0.2) is 24.3 Å². The van der Waals surface area contributed by atoms with E-state index < -0.39 is 0 Å². The second kappa shape index (κ2) is 8.79. The van der Waals surface area contributed by atoms with Crippen LogP contribution in [0.3, 0.4) is 0 Å². The number of nitrogens with one attached hydrogen (secondary N) is 2. The summed E-state index contributed by atoms with van der Waals surface area (Å²) >= 11 is 0. The highest BCUT2D eigenvalue weighted by atomic mass is 16.3. The maximum atomic E-state index is 11.9. The van der Waals surface area contributed by atoms with Gasteiger partial charge in [0, 0.05) is 24.7 Å². The second-order valence-electron chi connectivity index (χ2n) is 6.32. The number of unbranched alkanes of at least 4 members (excludes halogenated alkanes) is 1. The van der Waals surface area contributed by atoms with Crippen molar-refractivity contribution in [2.24, 2.45) is 0 Å². The highest BCUT2D eigenvalue weighted by molar-refractivity contribution is 5.76. The third-order valence-electron chi connectivity index (χ3n) is 4.27. The summed E-state index contributed by atoms with van der Waals surface area (Å²) in [4.78, 5) is 11.9. The van der Waals surface area contributed by atoms with Crippen LogP contribution in [-0.4, -0.2) is 29.7 Å². The summed E-state index contributed by atoms with van der Waals surface area (Å²) < 4.78 is 0. The predicted octanol–water partition coefficient (Wildman–Crippen LogP) is 3.00. The minimum atomic E-state index is -0.166. The Labute approximate surface area is 133 Å². The number of amides is 1. The van der Waals surface area contributed by atoms with Crippen molar-refractivity contribution in [1.29, 1.82) is 0 Å². The SMILES string of the molecule is Cc1ccc(NCCCCC(=O)NC2CCC(O)CC2)cc1. The maximum absolute atomic E-state index is 11.9. The Morgan fingerprint density at radius 1 is 1.14 bits per heavy atom. The Hall–Kier alpha value is -1.55. The third kappa shape index (κ3) is 6.06. The van der Waals surface area contributed by atoms with Crippen molar-refractivity contribution in [3.8, 4) is 0 Å².